The van der Waals surface area contributed by atoms with Crippen LogP contribution < -0.4 is 4.74 Å². The highest BCUT2D eigenvalue weighted by molar-refractivity contribution is 5.75. The van der Waals surface area contributed by atoms with Crippen LogP contribution >= 0.6 is 0 Å². The smallest absolute Gasteiger partial charge is 0.130 e. The van der Waals surface area contributed by atoms with Crippen LogP contribution in [0.4, 0.5) is 0 Å². The Labute approximate surface area is 158 Å². The molecule has 0 N–H and O–H groups in total. The minimum Gasteiger partial charge on any atom is -0.496 e. The van der Waals surface area contributed by atoms with E-state index in [2.05, 4.69) is 62.3 Å². The van der Waals surface area contributed by atoms with E-state index in [1.807, 2.05) is 0 Å². The van der Waals surface area contributed by atoms with E-state index in [-0.39, 0.29) is 5.78 Å². The maximum absolute atomic E-state index is 11.2. The monoisotopic (exact) mass is 353 g/mol. The molecule has 0 unspecified atom stereocenters. The molecule has 0 atom stereocenters. The number of methoxy groups -OCH3 is 1. The molecule has 0 aliphatic rings. The predicted molar refractivity (Wildman–Crippen MR) is 108 cm³/mol. The second kappa shape index (κ2) is 9.54. The maximum Gasteiger partial charge on any atom is 0.130 e. The molecule has 0 saturated heterocycles. The van der Waals surface area contributed by atoms with E-state index in [9.17, 15) is 4.79 Å². The Hall–Kier alpha value is -2.13. The number of ketones is 1. The molecule has 2 rings (SSSR count). The zero-order chi connectivity index (χ0) is 19.1. The quantitative estimate of drug-likeness (QED) is 0.676. The number of carbonyl (C=O) groups excluding carboxylic acids is 1. The van der Waals surface area contributed by atoms with Crippen molar-refractivity contribution < 1.29 is 9.53 Å². The van der Waals surface area contributed by atoms with E-state index < -0.39 is 0 Å². The Morgan fingerprint density at radius 3 is 2.46 bits per heavy atom. The van der Waals surface area contributed by atoms with Crippen molar-refractivity contribution in [3.05, 3.63) is 64.2 Å². The summed E-state index contributed by atoms with van der Waals surface area (Å²) >= 11 is 0. The first-order valence-electron chi connectivity index (χ1n) is 9.28. The van der Waals surface area contributed by atoms with Gasteiger partial charge in [-0.3, -0.25) is 0 Å². The van der Waals surface area contributed by atoms with Crippen molar-refractivity contribution in [2.24, 2.45) is 0 Å². The molecule has 0 amide bonds. The van der Waals surface area contributed by atoms with Gasteiger partial charge in [0.15, 0.2) is 0 Å². The first kappa shape index (κ1) is 20.2. The highest BCUT2D eigenvalue weighted by Gasteiger charge is 2.13. The average Bonchev–Trinajstić information content (AvgIpc) is 2.60. The van der Waals surface area contributed by atoms with Gasteiger partial charge >= 0.3 is 0 Å². The van der Waals surface area contributed by atoms with Crippen LogP contribution in [0.5, 0.6) is 5.75 Å². The summed E-state index contributed by atoms with van der Waals surface area (Å²) in [4.78, 5) is 13.4. The first-order valence-corrected chi connectivity index (χ1v) is 9.28. The number of aryl methyl sites for hydroxylation is 2. The minimum absolute atomic E-state index is 0.238. The van der Waals surface area contributed by atoms with Crippen molar-refractivity contribution >= 4 is 5.78 Å². The number of benzene rings is 2. The molecule has 3 nitrogen and oxygen atoms in total. The fraction of sp³-hybridized carbons (Fsp3) is 0.435. The van der Waals surface area contributed by atoms with Crippen LogP contribution in [0.25, 0.3) is 0 Å². The van der Waals surface area contributed by atoms with E-state index in [1.165, 1.54) is 27.8 Å². The molecule has 26 heavy (non-hydrogen) atoms. The molecule has 140 valence electrons. The number of Topliss-reactive ketones (excluding diaryl/α,β-unsaturated/α-hetero) is 1. The normalized spacial score (nSPS) is 11.0. The van der Waals surface area contributed by atoms with Crippen LogP contribution in [-0.2, 0) is 24.1 Å². The SMILES string of the molecule is COc1c(CCN(C)C)ccc(C)c1Cc1cccc(CCC(C)=O)c1. The van der Waals surface area contributed by atoms with Crippen molar-refractivity contribution in [3.63, 3.8) is 0 Å². The third kappa shape index (κ3) is 5.70. The largest absolute Gasteiger partial charge is 0.496 e. The lowest BCUT2D eigenvalue weighted by molar-refractivity contribution is -0.116. The van der Waals surface area contributed by atoms with Crippen molar-refractivity contribution in [2.75, 3.05) is 27.7 Å². The second-order valence-corrected chi connectivity index (χ2v) is 7.31. The number of carbonyl (C=O) groups is 1. The molecule has 0 heterocycles. The summed E-state index contributed by atoms with van der Waals surface area (Å²) in [5, 5.41) is 0. The Bertz CT molecular complexity index is 750. The molecule has 2 aromatic carbocycles. The van der Waals surface area contributed by atoms with Gasteiger partial charge in [0.25, 0.3) is 0 Å². The van der Waals surface area contributed by atoms with Gasteiger partial charge in [0, 0.05) is 24.9 Å². The fourth-order valence-electron chi connectivity index (χ4n) is 3.21. The molecule has 3 heteroatoms. The lowest BCUT2D eigenvalue weighted by atomic mass is 9.94. The van der Waals surface area contributed by atoms with Crippen LogP contribution in [-0.4, -0.2) is 38.4 Å². The van der Waals surface area contributed by atoms with E-state index in [4.69, 9.17) is 4.74 Å². The zero-order valence-corrected chi connectivity index (χ0v) is 16.8. The van der Waals surface area contributed by atoms with Gasteiger partial charge in [-0.15, -0.1) is 0 Å². The molecule has 0 fully saturated rings. The van der Waals surface area contributed by atoms with E-state index in [1.54, 1.807) is 14.0 Å². The molecule has 0 saturated carbocycles. The Kier molecular flexibility index (Phi) is 7.40. The number of hydrogen-bond donors (Lipinski definition) is 0. The summed E-state index contributed by atoms with van der Waals surface area (Å²) < 4.78 is 5.81. The van der Waals surface area contributed by atoms with Crippen LogP contribution in [0.2, 0.25) is 0 Å². The van der Waals surface area contributed by atoms with Crippen molar-refractivity contribution in [1.82, 2.24) is 4.90 Å². The van der Waals surface area contributed by atoms with Crippen LogP contribution in [0, 0.1) is 6.92 Å². The second-order valence-electron chi connectivity index (χ2n) is 7.31. The van der Waals surface area contributed by atoms with Crippen LogP contribution in [0.15, 0.2) is 36.4 Å². The van der Waals surface area contributed by atoms with Crippen molar-refractivity contribution in [2.45, 2.75) is 39.5 Å². The predicted octanol–water partition coefficient (Wildman–Crippen LogP) is 4.22. The van der Waals surface area contributed by atoms with Gasteiger partial charge in [-0.05, 0) is 63.0 Å². The zero-order valence-electron chi connectivity index (χ0n) is 16.8. The van der Waals surface area contributed by atoms with Crippen molar-refractivity contribution in [1.29, 1.82) is 0 Å². The number of hydrogen-bond acceptors (Lipinski definition) is 3. The summed E-state index contributed by atoms with van der Waals surface area (Å²) in [7, 11) is 5.95. The Morgan fingerprint density at radius 2 is 1.81 bits per heavy atom. The Balaban J connectivity index is 2.26. The summed E-state index contributed by atoms with van der Waals surface area (Å²) in [6.45, 7) is 4.80. The molecular formula is C23H31NO2. The minimum atomic E-state index is 0.238. The molecular weight excluding hydrogens is 322 g/mol. The highest BCUT2D eigenvalue weighted by Crippen LogP contribution is 2.30. The standard InChI is InChI=1S/C23H31NO2/c1-17-9-12-21(13-14-24(3)4)23(26-5)22(17)16-20-8-6-7-19(15-20)11-10-18(2)25/h6-9,12,15H,10-11,13-14,16H2,1-5H3. The van der Waals surface area contributed by atoms with Gasteiger partial charge in [0.05, 0.1) is 7.11 Å². The summed E-state index contributed by atoms with van der Waals surface area (Å²) in [6.07, 6.45) is 3.23. The van der Waals surface area contributed by atoms with E-state index in [0.29, 0.717) is 6.42 Å². The molecule has 0 bridgehead atoms. The van der Waals surface area contributed by atoms with Crippen LogP contribution in [0.1, 0.15) is 41.2 Å². The average molecular weight is 354 g/mol. The topological polar surface area (TPSA) is 29.5 Å². The van der Waals surface area contributed by atoms with Gasteiger partial charge in [0.2, 0.25) is 0 Å². The molecule has 0 spiro atoms. The Morgan fingerprint density at radius 1 is 1.08 bits per heavy atom. The fourth-order valence-corrected chi connectivity index (χ4v) is 3.21. The summed E-state index contributed by atoms with van der Waals surface area (Å²) in [6, 6.07) is 12.9. The lowest BCUT2D eigenvalue weighted by Gasteiger charge is -2.18. The van der Waals surface area contributed by atoms with Gasteiger partial charge in [0.1, 0.15) is 11.5 Å². The molecule has 2 aromatic rings. The van der Waals surface area contributed by atoms with Gasteiger partial charge in [-0.25, -0.2) is 0 Å². The number of likely N-dealkylation sites (N-methyl/N-ethyl adjacent to an activating group) is 1. The highest BCUT2D eigenvalue weighted by atomic mass is 16.5. The summed E-state index contributed by atoms with van der Waals surface area (Å²) in [5.41, 5.74) is 6.25. The number of ether oxygens (including phenoxy) is 1. The summed E-state index contributed by atoms with van der Waals surface area (Å²) in [5.74, 6) is 1.25. The van der Waals surface area contributed by atoms with Gasteiger partial charge in [-0.2, -0.15) is 0 Å². The van der Waals surface area contributed by atoms with E-state index in [0.717, 1.165) is 31.6 Å². The number of rotatable bonds is 9. The van der Waals surface area contributed by atoms with E-state index >= 15 is 0 Å². The molecule has 0 radical (unpaired) electrons. The molecule has 0 aromatic heterocycles. The van der Waals surface area contributed by atoms with Gasteiger partial charge < -0.3 is 14.4 Å². The third-order valence-corrected chi connectivity index (χ3v) is 4.75. The first-order chi connectivity index (χ1) is 12.4. The van der Waals surface area contributed by atoms with Gasteiger partial charge in [-0.1, -0.05) is 36.4 Å². The molecule has 0 aliphatic carbocycles. The molecule has 0 aliphatic heterocycles. The third-order valence-electron chi connectivity index (χ3n) is 4.75. The van der Waals surface area contributed by atoms with Crippen molar-refractivity contribution in [3.8, 4) is 5.75 Å². The maximum atomic E-state index is 11.2. The van der Waals surface area contributed by atoms with Crippen LogP contribution in [0.3, 0.4) is 0 Å². The lowest BCUT2D eigenvalue weighted by Crippen LogP contribution is -2.16. The number of nitrogens with zero attached hydrogens (tertiary/aromatic N) is 1.